The smallest absolute Gasteiger partial charge is 0.361 e. The summed E-state index contributed by atoms with van der Waals surface area (Å²) in [4.78, 5) is 20.3. The quantitative estimate of drug-likeness (QED) is 0.498. The van der Waals surface area contributed by atoms with Crippen molar-refractivity contribution in [2.75, 3.05) is 11.1 Å². The van der Waals surface area contributed by atoms with Crippen LogP contribution in [0, 0.1) is 6.33 Å². The third-order valence-electron chi connectivity index (χ3n) is 5.12. The zero-order valence-corrected chi connectivity index (χ0v) is 15.8. The Labute approximate surface area is 165 Å². The number of carbonyl (C=O) groups excluding carboxylic acids is 1. The highest BCUT2D eigenvalue weighted by Gasteiger charge is 2.19. The molecule has 6 nitrogen and oxygen atoms in total. The molecular weight excluding hydrogens is 370 g/mol. The summed E-state index contributed by atoms with van der Waals surface area (Å²) in [6.45, 7) is 0. The molecule has 0 atom stereocenters. The second-order valence-electron chi connectivity index (χ2n) is 7.01. The highest BCUT2D eigenvalue weighted by atomic mass is 32.1. The van der Waals surface area contributed by atoms with Gasteiger partial charge in [-0.3, -0.25) is 0 Å². The van der Waals surface area contributed by atoms with Crippen LogP contribution in [0.25, 0.3) is 31.4 Å². The molecule has 1 fully saturated rings. The van der Waals surface area contributed by atoms with Gasteiger partial charge >= 0.3 is 12.4 Å². The molecule has 2 heterocycles. The summed E-state index contributed by atoms with van der Waals surface area (Å²) in [6, 6.07) is 14.2. The highest BCUT2D eigenvalue weighted by Crippen LogP contribution is 2.36. The van der Waals surface area contributed by atoms with E-state index in [1.54, 1.807) is 11.3 Å². The molecule has 4 N–H and O–H groups in total. The monoisotopic (exact) mass is 388 g/mol. The number of hydrogen-bond acceptors (Lipinski definition) is 4. The van der Waals surface area contributed by atoms with Gasteiger partial charge in [0.25, 0.3) is 11.3 Å². The van der Waals surface area contributed by atoms with Crippen molar-refractivity contribution in [3.05, 3.63) is 48.8 Å². The first kappa shape index (κ1) is 16.8. The lowest BCUT2D eigenvalue weighted by Crippen LogP contribution is -2.41. The van der Waals surface area contributed by atoms with E-state index < -0.39 is 0 Å². The normalized spacial score (nSPS) is 13.9. The number of hydrogen-bond donors (Lipinski definition) is 3. The van der Waals surface area contributed by atoms with Crippen LogP contribution in [0.4, 0.5) is 16.3 Å². The van der Waals surface area contributed by atoms with Gasteiger partial charge in [-0.2, -0.15) is 4.98 Å². The average Bonchev–Trinajstić information content (AvgIpc) is 3.04. The van der Waals surface area contributed by atoms with Gasteiger partial charge in [-0.05, 0) is 54.7 Å². The number of urea groups is 1. The summed E-state index contributed by atoms with van der Waals surface area (Å²) < 4.78 is 1.98. The van der Waals surface area contributed by atoms with E-state index in [1.807, 2.05) is 30.3 Å². The maximum atomic E-state index is 12.1. The second kappa shape index (κ2) is 6.66. The van der Waals surface area contributed by atoms with Crippen LogP contribution >= 0.6 is 11.3 Å². The van der Waals surface area contributed by atoms with Gasteiger partial charge < -0.3 is 16.4 Å². The Balaban J connectivity index is 1.45. The number of benzene rings is 2. The number of nitrogen functional groups attached to an aromatic ring is 1. The highest BCUT2D eigenvalue weighted by molar-refractivity contribution is 7.26. The van der Waals surface area contributed by atoms with E-state index >= 15 is 0 Å². The van der Waals surface area contributed by atoms with Crippen LogP contribution in [0.5, 0.6) is 0 Å². The van der Waals surface area contributed by atoms with Gasteiger partial charge in [0.15, 0.2) is 4.70 Å². The van der Waals surface area contributed by atoms with Crippen LogP contribution in [0.2, 0.25) is 0 Å². The first-order valence-corrected chi connectivity index (χ1v) is 10.0. The van der Waals surface area contributed by atoms with E-state index in [1.165, 1.54) is 6.42 Å². The number of nitrogens with zero attached hydrogens (tertiary/aromatic N) is 2. The van der Waals surface area contributed by atoms with Crippen molar-refractivity contribution < 1.29 is 9.78 Å². The molecule has 28 heavy (non-hydrogen) atoms. The molecule has 4 aromatic rings. The maximum absolute atomic E-state index is 12.1. The van der Waals surface area contributed by atoms with Crippen LogP contribution in [-0.4, -0.2) is 17.1 Å². The minimum Gasteiger partial charge on any atom is -0.361 e. The van der Waals surface area contributed by atoms with Crippen molar-refractivity contribution in [2.45, 2.75) is 25.3 Å². The van der Waals surface area contributed by atoms with Gasteiger partial charge in [-0.15, -0.1) is 11.3 Å². The third kappa shape index (κ3) is 2.98. The van der Waals surface area contributed by atoms with Gasteiger partial charge in [-0.25, -0.2) is 4.79 Å². The van der Waals surface area contributed by atoms with E-state index in [4.69, 9.17) is 5.73 Å². The lowest BCUT2D eigenvalue weighted by Gasteiger charge is -2.26. The summed E-state index contributed by atoms with van der Waals surface area (Å²) in [5, 5.41) is 6.97. The molecule has 0 spiro atoms. The molecule has 7 heteroatoms. The predicted octanol–water partition coefficient (Wildman–Crippen LogP) is 3.77. The van der Waals surface area contributed by atoms with Gasteiger partial charge in [-0.1, -0.05) is 18.2 Å². The Morgan fingerprint density at radius 3 is 2.89 bits per heavy atom. The van der Waals surface area contributed by atoms with E-state index in [0.29, 0.717) is 11.9 Å². The van der Waals surface area contributed by atoms with Gasteiger partial charge in [0, 0.05) is 21.4 Å². The lowest BCUT2D eigenvalue weighted by molar-refractivity contribution is -0.259. The standard InChI is InChI=1S/C21H17N5OS/c22-20-19-18(23-11-24-20)16-8-7-13(10-17(16)28-19)12-3-1-6-15(9-12)26-21(27)25-14-4-2-5-14/h1,3,6-10,14,22H,2,4-5H2,(H2,25,26,27)/p+1. The number of anilines is 2. The fourth-order valence-electron chi connectivity index (χ4n) is 3.41. The first-order chi connectivity index (χ1) is 13.7. The minimum absolute atomic E-state index is 0.146. The van der Waals surface area contributed by atoms with Crippen molar-refractivity contribution in [1.29, 1.82) is 0 Å². The van der Waals surface area contributed by atoms with E-state index in [9.17, 15) is 4.79 Å². The average molecular weight is 388 g/mol. The number of aromatic nitrogens is 2. The number of thiophene rings is 1. The van der Waals surface area contributed by atoms with Crippen molar-refractivity contribution in [3.8, 4) is 11.1 Å². The number of nitrogens with two attached hydrogens (primary N) is 1. The molecule has 0 aliphatic heterocycles. The Morgan fingerprint density at radius 1 is 1.21 bits per heavy atom. The number of rotatable bonds is 3. The van der Waals surface area contributed by atoms with Crippen molar-refractivity contribution in [3.63, 3.8) is 0 Å². The van der Waals surface area contributed by atoms with E-state index in [-0.39, 0.29) is 6.03 Å². The Bertz CT molecular complexity index is 1200. The molecular formula is C21H18N5OS+. The molecule has 5 rings (SSSR count). The Morgan fingerprint density at radius 2 is 2.07 bits per heavy atom. The lowest BCUT2D eigenvalue weighted by atomic mass is 9.93. The van der Waals surface area contributed by atoms with Crippen molar-refractivity contribution in [2.24, 2.45) is 0 Å². The number of fused-ring (bicyclic) bond motifs is 3. The molecule has 1 saturated carbocycles. The molecule has 138 valence electrons. The molecule has 0 unspecified atom stereocenters. The van der Waals surface area contributed by atoms with Gasteiger partial charge in [0.05, 0.1) is 5.39 Å². The van der Waals surface area contributed by atoms with Crippen molar-refractivity contribution in [1.82, 2.24) is 10.3 Å². The zero-order chi connectivity index (χ0) is 19.1. The molecule has 1 aliphatic rings. The fourth-order valence-corrected chi connectivity index (χ4v) is 4.49. The summed E-state index contributed by atoms with van der Waals surface area (Å²) in [5.74, 6) is 0.455. The third-order valence-corrected chi connectivity index (χ3v) is 6.29. The van der Waals surface area contributed by atoms with E-state index in [2.05, 4.69) is 39.1 Å². The number of amides is 2. The predicted molar refractivity (Wildman–Crippen MR) is 111 cm³/mol. The van der Waals surface area contributed by atoms with Crippen LogP contribution in [0.15, 0.2) is 42.5 Å². The minimum atomic E-state index is -0.146. The maximum Gasteiger partial charge on any atom is 0.431 e. The fraction of sp³-hybridized carbons (Fsp3) is 0.190. The number of carbonyl (C=O) groups is 1. The molecule has 0 saturated heterocycles. The first-order valence-electron chi connectivity index (χ1n) is 9.21. The van der Waals surface area contributed by atoms with Gasteiger partial charge in [0.2, 0.25) is 0 Å². The second-order valence-corrected chi connectivity index (χ2v) is 8.06. The summed E-state index contributed by atoms with van der Waals surface area (Å²) >= 11 is 1.58. The van der Waals surface area contributed by atoms with Crippen LogP contribution in [0.1, 0.15) is 19.3 Å². The topological polar surface area (TPSA) is 94.1 Å². The number of nitrogens with one attached hydrogen (secondary N) is 2. The largest absolute Gasteiger partial charge is 0.431 e. The summed E-state index contributed by atoms with van der Waals surface area (Å²) in [5.41, 5.74) is 9.68. The van der Waals surface area contributed by atoms with Crippen LogP contribution in [-0.2, 0) is 0 Å². The SMILES string of the molecule is Nc1nc#[n+]c2c1sc1cc(-c3cccc(NC(=O)NC4CCC4)c3)ccc12. The molecule has 0 radical (unpaired) electrons. The van der Waals surface area contributed by atoms with Crippen molar-refractivity contribution >= 4 is 49.2 Å². The summed E-state index contributed by atoms with van der Waals surface area (Å²) in [6.07, 6.45) is 5.93. The van der Waals surface area contributed by atoms with E-state index in [0.717, 1.165) is 50.0 Å². The Hall–Kier alpha value is -3.37. The Kier molecular flexibility index (Phi) is 3.99. The molecule has 2 aromatic carbocycles. The molecule has 0 bridgehead atoms. The van der Waals surface area contributed by atoms with Crippen LogP contribution in [0.3, 0.4) is 0 Å². The summed E-state index contributed by atoms with van der Waals surface area (Å²) in [7, 11) is 0. The van der Waals surface area contributed by atoms with Crippen LogP contribution < -0.4 is 21.4 Å². The zero-order valence-electron chi connectivity index (χ0n) is 15.0. The molecule has 1 aliphatic carbocycles. The molecule has 2 aromatic heterocycles. The molecule has 2 amide bonds. The van der Waals surface area contributed by atoms with Gasteiger partial charge in [0.1, 0.15) is 0 Å².